The minimum atomic E-state index is 0.144. The van der Waals surface area contributed by atoms with Crippen LogP contribution in [0.2, 0.25) is 0 Å². The number of aryl methyl sites for hydroxylation is 1. The smallest absolute Gasteiger partial charge is 0.223 e. The first-order chi connectivity index (χ1) is 10.7. The Morgan fingerprint density at radius 2 is 2.41 bits per heavy atom. The molecule has 3 rings (SSSR count). The van der Waals surface area contributed by atoms with E-state index in [0.717, 1.165) is 30.7 Å². The number of carbonyl (C=O) groups is 1. The second kappa shape index (κ2) is 6.92. The normalized spacial score (nSPS) is 17.6. The predicted molar refractivity (Wildman–Crippen MR) is 89.8 cm³/mol. The summed E-state index contributed by atoms with van der Waals surface area (Å²) in [6.07, 6.45) is 7.11. The highest BCUT2D eigenvalue weighted by Gasteiger charge is 2.18. The van der Waals surface area contributed by atoms with Gasteiger partial charge in [0.25, 0.3) is 0 Å². The number of hydrogen-bond acceptors (Lipinski definition) is 3. The summed E-state index contributed by atoms with van der Waals surface area (Å²) in [6, 6.07) is 6.21. The highest BCUT2D eigenvalue weighted by Crippen LogP contribution is 2.23. The van der Waals surface area contributed by atoms with Gasteiger partial charge in [-0.05, 0) is 43.7 Å². The summed E-state index contributed by atoms with van der Waals surface area (Å²) in [7, 11) is 0. The minimum Gasteiger partial charge on any atom is -0.354 e. The maximum Gasteiger partial charge on any atom is 0.223 e. The molecular formula is C17H21N3OS. The van der Waals surface area contributed by atoms with E-state index in [1.165, 1.54) is 4.88 Å². The highest BCUT2D eigenvalue weighted by molar-refractivity contribution is 7.13. The number of thiophene rings is 1. The minimum absolute atomic E-state index is 0.144. The van der Waals surface area contributed by atoms with Crippen molar-refractivity contribution in [2.24, 2.45) is 5.92 Å². The molecule has 2 aromatic heterocycles. The Bertz CT molecular complexity index is 658. The molecule has 0 aliphatic heterocycles. The molecule has 2 aromatic rings. The van der Waals surface area contributed by atoms with Crippen LogP contribution in [0.3, 0.4) is 0 Å². The molecule has 0 aromatic carbocycles. The van der Waals surface area contributed by atoms with Crippen LogP contribution in [0.25, 0.3) is 10.6 Å². The molecule has 0 saturated heterocycles. The van der Waals surface area contributed by atoms with Gasteiger partial charge in [-0.2, -0.15) is 5.10 Å². The lowest BCUT2D eigenvalue weighted by atomic mass is 9.94. The molecule has 5 heteroatoms. The van der Waals surface area contributed by atoms with E-state index in [2.05, 4.69) is 47.0 Å². The predicted octanol–water partition coefficient (Wildman–Crippen LogP) is 3.39. The maximum atomic E-state index is 12.1. The quantitative estimate of drug-likeness (QED) is 0.860. The van der Waals surface area contributed by atoms with Crippen LogP contribution in [0, 0.1) is 12.8 Å². The van der Waals surface area contributed by atoms with Crippen molar-refractivity contribution in [3.8, 4) is 10.6 Å². The Morgan fingerprint density at radius 3 is 3.14 bits per heavy atom. The standard InChI is InChI=1S/C17H21N3OS/c1-13-12-15(16-8-5-11-22-16)19-20(13)10-9-18-17(21)14-6-3-2-4-7-14/h2-3,5,8,11-12,14H,4,6-7,9-10H2,1H3,(H,18,21). The van der Waals surface area contributed by atoms with Crippen LogP contribution in [-0.2, 0) is 11.3 Å². The van der Waals surface area contributed by atoms with E-state index in [1.54, 1.807) is 11.3 Å². The molecule has 0 fully saturated rings. The number of nitrogens with one attached hydrogen (secondary N) is 1. The van der Waals surface area contributed by atoms with Crippen molar-refractivity contribution >= 4 is 17.2 Å². The van der Waals surface area contributed by atoms with Gasteiger partial charge in [0, 0.05) is 18.2 Å². The summed E-state index contributed by atoms with van der Waals surface area (Å²) in [5, 5.41) is 9.73. The molecule has 0 radical (unpaired) electrons. The van der Waals surface area contributed by atoms with Crippen molar-refractivity contribution in [1.82, 2.24) is 15.1 Å². The molecule has 0 spiro atoms. The van der Waals surface area contributed by atoms with Gasteiger partial charge in [0.2, 0.25) is 5.91 Å². The lowest BCUT2D eigenvalue weighted by molar-refractivity contribution is -0.125. The van der Waals surface area contributed by atoms with E-state index in [-0.39, 0.29) is 11.8 Å². The van der Waals surface area contributed by atoms with Crippen molar-refractivity contribution in [3.05, 3.63) is 41.4 Å². The van der Waals surface area contributed by atoms with E-state index in [1.807, 2.05) is 10.7 Å². The number of aromatic nitrogens is 2. The topological polar surface area (TPSA) is 46.9 Å². The van der Waals surface area contributed by atoms with E-state index < -0.39 is 0 Å². The molecule has 0 bridgehead atoms. The second-order valence-corrected chi connectivity index (χ2v) is 6.59. The third-order valence-electron chi connectivity index (χ3n) is 4.02. The fourth-order valence-corrected chi connectivity index (χ4v) is 3.42. The van der Waals surface area contributed by atoms with Crippen molar-refractivity contribution in [2.45, 2.75) is 32.7 Å². The Kier molecular flexibility index (Phi) is 4.73. The van der Waals surface area contributed by atoms with Crippen LogP contribution in [-0.4, -0.2) is 22.2 Å². The summed E-state index contributed by atoms with van der Waals surface area (Å²) >= 11 is 1.69. The zero-order valence-corrected chi connectivity index (χ0v) is 13.6. The third kappa shape index (κ3) is 3.47. The van der Waals surface area contributed by atoms with E-state index in [9.17, 15) is 4.79 Å². The number of amides is 1. The van der Waals surface area contributed by atoms with Crippen molar-refractivity contribution in [2.75, 3.05) is 6.54 Å². The molecule has 1 atom stereocenters. The first-order valence-electron chi connectivity index (χ1n) is 7.75. The summed E-state index contributed by atoms with van der Waals surface area (Å²) in [5.74, 6) is 0.318. The van der Waals surface area contributed by atoms with Gasteiger partial charge in [0.1, 0.15) is 5.69 Å². The van der Waals surface area contributed by atoms with E-state index in [4.69, 9.17) is 0 Å². The fraction of sp³-hybridized carbons (Fsp3) is 0.412. The molecule has 22 heavy (non-hydrogen) atoms. The van der Waals surface area contributed by atoms with E-state index >= 15 is 0 Å². The molecule has 1 N–H and O–H groups in total. The van der Waals surface area contributed by atoms with Crippen LogP contribution < -0.4 is 5.32 Å². The summed E-state index contributed by atoms with van der Waals surface area (Å²) in [5.41, 5.74) is 2.13. The summed E-state index contributed by atoms with van der Waals surface area (Å²) in [6.45, 7) is 3.40. The van der Waals surface area contributed by atoms with Crippen molar-refractivity contribution in [3.63, 3.8) is 0 Å². The molecule has 2 heterocycles. The van der Waals surface area contributed by atoms with Gasteiger partial charge in [0.15, 0.2) is 0 Å². The van der Waals surface area contributed by atoms with Crippen molar-refractivity contribution < 1.29 is 4.79 Å². The molecule has 1 amide bonds. The average molecular weight is 315 g/mol. The molecule has 1 aliphatic rings. The van der Waals surface area contributed by atoms with Crippen molar-refractivity contribution in [1.29, 1.82) is 0 Å². The lowest BCUT2D eigenvalue weighted by Gasteiger charge is -2.17. The lowest BCUT2D eigenvalue weighted by Crippen LogP contribution is -2.33. The van der Waals surface area contributed by atoms with Crippen LogP contribution in [0.15, 0.2) is 35.7 Å². The summed E-state index contributed by atoms with van der Waals surface area (Å²) in [4.78, 5) is 13.3. The van der Waals surface area contributed by atoms with Gasteiger partial charge in [-0.1, -0.05) is 18.2 Å². The number of rotatable bonds is 5. The Labute approximate surface area is 134 Å². The molecule has 0 saturated carbocycles. The van der Waals surface area contributed by atoms with Gasteiger partial charge in [-0.25, -0.2) is 0 Å². The monoisotopic (exact) mass is 315 g/mol. The van der Waals surface area contributed by atoms with Crippen LogP contribution in [0.1, 0.15) is 25.0 Å². The third-order valence-corrected chi connectivity index (χ3v) is 4.91. The largest absolute Gasteiger partial charge is 0.354 e. The Hall–Kier alpha value is -1.88. The van der Waals surface area contributed by atoms with Gasteiger partial charge in [0.05, 0.1) is 11.4 Å². The summed E-state index contributed by atoms with van der Waals surface area (Å²) < 4.78 is 1.97. The van der Waals surface area contributed by atoms with Gasteiger partial charge in [-0.15, -0.1) is 11.3 Å². The van der Waals surface area contributed by atoms with Gasteiger partial charge in [-0.3, -0.25) is 9.48 Å². The second-order valence-electron chi connectivity index (χ2n) is 5.64. The number of hydrogen-bond donors (Lipinski definition) is 1. The van der Waals surface area contributed by atoms with Crippen LogP contribution >= 0.6 is 11.3 Å². The van der Waals surface area contributed by atoms with E-state index in [0.29, 0.717) is 13.1 Å². The van der Waals surface area contributed by atoms with Gasteiger partial charge >= 0.3 is 0 Å². The number of carbonyl (C=O) groups excluding carboxylic acids is 1. The molecule has 1 aliphatic carbocycles. The average Bonchev–Trinajstić information content (AvgIpc) is 3.18. The molecule has 4 nitrogen and oxygen atoms in total. The Balaban J connectivity index is 1.53. The first kappa shape index (κ1) is 15.0. The molecule has 1 unspecified atom stereocenters. The highest BCUT2D eigenvalue weighted by atomic mass is 32.1. The maximum absolute atomic E-state index is 12.1. The SMILES string of the molecule is Cc1cc(-c2cccs2)nn1CCNC(=O)C1CC=CCC1. The zero-order valence-electron chi connectivity index (χ0n) is 12.8. The fourth-order valence-electron chi connectivity index (χ4n) is 2.74. The number of nitrogens with zero attached hydrogens (tertiary/aromatic N) is 2. The Morgan fingerprint density at radius 1 is 1.50 bits per heavy atom. The molecular weight excluding hydrogens is 294 g/mol. The molecule has 116 valence electrons. The first-order valence-corrected chi connectivity index (χ1v) is 8.63. The van der Waals surface area contributed by atoms with Crippen LogP contribution in [0.5, 0.6) is 0 Å². The number of allylic oxidation sites excluding steroid dienone is 2. The van der Waals surface area contributed by atoms with Crippen LogP contribution in [0.4, 0.5) is 0 Å². The van der Waals surface area contributed by atoms with Gasteiger partial charge < -0.3 is 5.32 Å². The zero-order chi connectivity index (χ0) is 15.4.